The molecule has 1 aliphatic carbocycles. The number of hydrogen-bond acceptors (Lipinski definition) is 5. The molecule has 1 aliphatic heterocycles. The van der Waals surface area contributed by atoms with Crippen molar-refractivity contribution in [3.63, 3.8) is 0 Å². The van der Waals surface area contributed by atoms with E-state index in [1.165, 1.54) is 42.8 Å². The van der Waals surface area contributed by atoms with Gasteiger partial charge in [0.25, 0.3) is 0 Å². The maximum Gasteiger partial charge on any atom is 0.227 e. The van der Waals surface area contributed by atoms with E-state index < -0.39 is 0 Å². The van der Waals surface area contributed by atoms with E-state index in [1.807, 2.05) is 6.20 Å². The number of rotatable bonds is 6. The largest absolute Gasteiger partial charge is 0.378 e. The zero-order valence-electron chi connectivity index (χ0n) is 15.1. The second-order valence-electron chi connectivity index (χ2n) is 7.21. The van der Waals surface area contributed by atoms with Crippen molar-refractivity contribution in [2.45, 2.75) is 57.9 Å². The number of aromatic nitrogens is 5. The van der Waals surface area contributed by atoms with Crippen LogP contribution in [-0.2, 0) is 17.7 Å². The van der Waals surface area contributed by atoms with E-state index in [4.69, 9.17) is 4.74 Å². The highest BCUT2D eigenvalue weighted by molar-refractivity contribution is 5.32. The fraction of sp³-hybridized carbons (Fsp3) is 0.722. The van der Waals surface area contributed by atoms with E-state index >= 15 is 0 Å². The molecule has 136 valence electrons. The van der Waals surface area contributed by atoms with Gasteiger partial charge in [0.15, 0.2) is 0 Å². The first kappa shape index (κ1) is 16.6. The van der Waals surface area contributed by atoms with Gasteiger partial charge in [0.1, 0.15) is 5.82 Å². The van der Waals surface area contributed by atoms with Crippen molar-refractivity contribution < 1.29 is 4.74 Å². The zero-order chi connectivity index (χ0) is 17.1. The van der Waals surface area contributed by atoms with E-state index in [0.29, 0.717) is 5.92 Å². The Hall–Kier alpha value is -1.89. The lowest BCUT2D eigenvalue weighted by Gasteiger charge is -2.28. The Bertz CT molecular complexity index is 682. The second kappa shape index (κ2) is 7.56. The summed E-state index contributed by atoms with van der Waals surface area (Å²) in [6, 6.07) is 0. The molecule has 2 aromatic heterocycles. The quantitative estimate of drug-likeness (QED) is 0.871. The first-order valence-electron chi connectivity index (χ1n) is 9.57. The summed E-state index contributed by atoms with van der Waals surface area (Å²) in [5.41, 5.74) is 2.48. The molecule has 0 bridgehead atoms. The summed E-state index contributed by atoms with van der Waals surface area (Å²) in [5.74, 6) is 2.81. The third-order valence-corrected chi connectivity index (χ3v) is 5.54. The Balaban J connectivity index is 1.51. The summed E-state index contributed by atoms with van der Waals surface area (Å²) in [6.07, 6.45) is 9.20. The molecule has 7 nitrogen and oxygen atoms in total. The topological polar surface area (TPSA) is 71.9 Å². The van der Waals surface area contributed by atoms with Crippen LogP contribution >= 0.6 is 0 Å². The van der Waals surface area contributed by atoms with Gasteiger partial charge in [-0.25, -0.2) is 0 Å². The number of ether oxygens (including phenoxy) is 1. The van der Waals surface area contributed by atoms with Crippen molar-refractivity contribution in [3.8, 4) is 0 Å². The van der Waals surface area contributed by atoms with Gasteiger partial charge in [-0.15, -0.1) is 10.2 Å². The normalized spacial score (nSPS) is 19.0. The molecule has 0 amide bonds. The van der Waals surface area contributed by atoms with Gasteiger partial charge in [-0.2, -0.15) is 5.10 Å². The molecule has 2 aromatic rings. The number of morpholine rings is 1. The van der Waals surface area contributed by atoms with Crippen molar-refractivity contribution in [1.82, 2.24) is 25.0 Å². The Kier molecular flexibility index (Phi) is 5.01. The fourth-order valence-electron chi connectivity index (χ4n) is 4.06. The van der Waals surface area contributed by atoms with Gasteiger partial charge in [-0.05, 0) is 38.2 Å². The predicted molar refractivity (Wildman–Crippen MR) is 95.9 cm³/mol. The van der Waals surface area contributed by atoms with E-state index in [-0.39, 0.29) is 0 Å². The lowest BCUT2D eigenvalue weighted by atomic mass is 10.1. The third kappa shape index (κ3) is 3.56. The Morgan fingerprint density at radius 2 is 2.00 bits per heavy atom. The van der Waals surface area contributed by atoms with Crippen molar-refractivity contribution in [2.24, 2.45) is 0 Å². The van der Waals surface area contributed by atoms with Crippen LogP contribution in [0.5, 0.6) is 0 Å². The maximum atomic E-state index is 5.50. The van der Waals surface area contributed by atoms with E-state index in [9.17, 15) is 0 Å². The third-order valence-electron chi connectivity index (χ3n) is 5.54. The van der Waals surface area contributed by atoms with Crippen molar-refractivity contribution in [3.05, 3.63) is 23.3 Å². The van der Waals surface area contributed by atoms with Gasteiger partial charge in [0.05, 0.1) is 19.4 Å². The van der Waals surface area contributed by atoms with Crippen LogP contribution in [0.1, 0.15) is 55.1 Å². The molecule has 25 heavy (non-hydrogen) atoms. The molecule has 0 radical (unpaired) electrons. The molecular formula is C18H28N6O. The van der Waals surface area contributed by atoms with E-state index in [0.717, 1.165) is 51.6 Å². The lowest BCUT2D eigenvalue weighted by Crippen LogP contribution is -2.38. The molecule has 7 heteroatoms. The Labute approximate surface area is 148 Å². The van der Waals surface area contributed by atoms with Crippen molar-refractivity contribution in [1.29, 1.82) is 0 Å². The summed E-state index contributed by atoms with van der Waals surface area (Å²) in [4.78, 5) is 2.33. The molecule has 1 saturated heterocycles. The highest BCUT2D eigenvalue weighted by Gasteiger charge is 2.26. The van der Waals surface area contributed by atoms with Crippen LogP contribution in [0.3, 0.4) is 0 Å². The smallest absolute Gasteiger partial charge is 0.227 e. The minimum atomic E-state index is 0.581. The summed E-state index contributed by atoms with van der Waals surface area (Å²) in [5, 5.41) is 16.4. The monoisotopic (exact) mass is 344 g/mol. The van der Waals surface area contributed by atoms with Gasteiger partial charge >= 0.3 is 0 Å². The lowest BCUT2D eigenvalue weighted by molar-refractivity contribution is 0.121. The van der Waals surface area contributed by atoms with Crippen LogP contribution in [0.4, 0.5) is 5.95 Å². The standard InChI is InChI=1S/C18H28N6O/c1-14-16(13-19-20-14)7-4-8-24-17(15-5-2-3-6-15)21-22-18(24)23-9-11-25-12-10-23/h13,15H,2-12H2,1H3,(H,19,20). The van der Waals surface area contributed by atoms with Crippen LogP contribution in [0.15, 0.2) is 6.20 Å². The highest BCUT2D eigenvalue weighted by atomic mass is 16.5. The van der Waals surface area contributed by atoms with Gasteiger partial charge in [0, 0.05) is 31.2 Å². The van der Waals surface area contributed by atoms with Crippen molar-refractivity contribution >= 4 is 5.95 Å². The molecule has 1 saturated carbocycles. The average molecular weight is 344 g/mol. The highest BCUT2D eigenvalue weighted by Crippen LogP contribution is 2.34. The zero-order valence-corrected chi connectivity index (χ0v) is 15.1. The molecule has 0 unspecified atom stereocenters. The SMILES string of the molecule is Cc1[nH]ncc1CCCn1c(C2CCCC2)nnc1N1CCOCC1. The number of H-pyrrole nitrogens is 1. The summed E-state index contributed by atoms with van der Waals surface area (Å²) >= 11 is 0. The van der Waals surface area contributed by atoms with Gasteiger partial charge in [-0.1, -0.05) is 12.8 Å². The van der Waals surface area contributed by atoms with E-state index in [1.54, 1.807) is 0 Å². The Morgan fingerprint density at radius 1 is 1.20 bits per heavy atom. The number of nitrogens with one attached hydrogen (secondary N) is 1. The number of aryl methyl sites for hydroxylation is 2. The molecule has 4 rings (SSSR count). The maximum absolute atomic E-state index is 5.50. The van der Waals surface area contributed by atoms with Crippen LogP contribution in [-0.4, -0.2) is 51.3 Å². The summed E-state index contributed by atoms with van der Waals surface area (Å²) in [6.45, 7) is 6.42. The predicted octanol–water partition coefficient (Wildman–Crippen LogP) is 2.44. The molecule has 0 spiro atoms. The molecule has 3 heterocycles. The van der Waals surface area contributed by atoms with Crippen molar-refractivity contribution in [2.75, 3.05) is 31.2 Å². The minimum Gasteiger partial charge on any atom is -0.378 e. The first-order chi connectivity index (χ1) is 12.3. The number of aromatic amines is 1. The summed E-state index contributed by atoms with van der Waals surface area (Å²) in [7, 11) is 0. The second-order valence-corrected chi connectivity index (χ2v) is 7.21. The number of nitrogens with zero attached hydrogens (tertiary/aromatic N) is 5. The molecule has 0 aromatic carbocycles. The average Bonchev–Trinajstić information content (AvgIpc) is 3.37. The number of hydrogen-bond donors (Lipinski definition) is 1. The van der Waals surface area contributed by atoms with Gasteiger partial charge in [-0.3, -0.25) is 9.67 Å². The molecule has 2 aliphatic rings. The van der Waals surface area contributed by atoms with E-state index in [2.05, 4.69) is 36.8 Å². The van der Waals surface area contributed by atoms with Crippen LogP contribution in [0.2, 0.25) is 0 Å². The Morgan fingerprint density at radius 3 is 2.72 bits per heavy atom. The van der Waals surface area contributed by atoms with Crippen LogP contribution < -0.4 is 4.90 Å². The number of anilines is 1. The van der Waals surface area contributed by atoms with Gasteiger partial charge in [0.2, 0.25) is 5.95 Å². The molecular weight excluding hydrogens is 316 g/mol. The first-order valence-corrected chi connectivity index (χ1v) is 9.57. The molecule has 1 N–H and O–H groups in total. The van der Waals surface area contributed by atoms with Crippen LogP contribution in [0, 0.1) is 6.92 Å². The fourth-order valence-corrected chi connectivity index (χ4v) is 4.06. The van der Waals surface area contributed by atoms with Gasteiger partial charge < -0.3 is 9.64 Å². The molecule has 0 atom stereocenters. The van der Waals surface area contributed by atoms with Crippen LogP contribution in [0.25, 0.3) is 0 Å². The summed E-state index contributed by atoms with van der Waals surface area (Å²) < 4.78 is 7.89. The molecule has 2 fully saturated rings. The minimum absolute atomic E-state index is 0.581.